The summed E-state index contributed by atoms with van der Waals surface area (Å²) in [5.41, 5.74) is 2.45. The SMILES string of the molecule is c1ccc2c(c1)ncn1nc(CC34CC5CC(CC(C5)C3)C4)nc21. The largest absolute Gasteiger partial charge is 0.236 e. The van der Waals surface area contributed by atoms with Crippen molar-refractivity contribution in [1.29, 1.82) is 0 Å². The number of rotatable bonds is 2. The fourth-order valence-corrected chi connectivity index (χ4v) is 6.44. The lowest BCUT2D eigenvalue weighted by Crippen LogP contribution is -2.47. The maximum atomic E-state index is 4.93. The van der Waals surface area contributed by atoms with Gasteiger partial charge in [0.2, 0.25) is 0 Å². The molecule has 3 aromatic rings. The van der Waals surface area contributed by atoms with Gasteiger partial charge in [-0.2, -0.15) is 0 Å². The van der Waals surface area contributed by atoms with Crippen LogP contribution in [0.4, 0.5) is 0 Å². The number of hydrogen-bond donors (Lipinski definition) is 0. The van der Waals surface area contributed by atoms with Crippen LogP contribution in [0.3, 0.4) is 0 Å². The molecule has 0 saturated heterocycles. The molecule has 7 rings (SSSR count). The van der Waals surface area contributed by atoms with Gasteiger partial charge in [-0.3, -0.25) is 0 Å². The van der Waals surface area contributed by atoms with Crippen LogP contribution in [0.1, 0.15) is 44.3 Å². The Morgan fingerprint density at radius 1 is 1.00 bits per heavy atom. The molecule has 0 unspecified atom stereocenters. The van der Waals surface area contributed by atoms with Crippen molar-refractivity contribution in [3.8, 4) is 0 Å². The molecule has 4 heteroatoms. The van der Waals surface area contributed by atoms with E-state index >= 15 is 0 Å². The molecule has 0 atom stereocenters. The smallest absolute Gasteiger partial charge is 0.166 e. The van der Waals surface area contributed by atoms with E-state index in [1.165, 1.54) is 38.5 Å². The molecule has 2 heterocycles. The number of fused-ring (bicyclic) bond motifs is 3. The van der Waals surface area contributed by atoms with Crippen LogP contribution in [0.2, 0.25) is 0 Å². The molecule has 0 aliphatic heterocycles. The molecule has 0 radical (unpaired) electrons. The topological polar surface area (TPSA) is 43.1 Å². The van der Waals surface area contributed by atoms with E-state index in [-0.39, 0.29) is 0 Å². The first-order valence-electron chi connectivity index (χ1n) is 9.35. The summed E-state index contributed by atoms with van der Waals surface area (Å²) in [5.74, 6) is 3.97. The summed E-state index contributed by atoms with van der Waals surface area (Å²) in [6.07, 6.45) is 11.6. The Morgan fingerprint density at radius 2 is 1.71 bits per heavy atom. The zero-order chi connectivity index (χ0) is 15.7. The van der Waals surface area contributed by atoms with E-state index < -0.39 is 0 Å². The van der Waals surface area contributed by atoms with Gasteiger partial charge in [0.1, 0.15) is 6.33 Å². The summed E-state index contributed by atoms with van der Waals surface area (Å²) in [6, 6.07) is 8.22. The summed E-state index contributed by atoms with van der Waals surface area (Å²) in [5, 5.41) is 5.88. The summed E-state index contributed by atoms with van der Waals surface area (Å²) in [4.78, 5) is 9.44. The molecule has 0 amide bonds. The molecular weight excluding hydrogens is 296 g/mol. The van der Waals surface area contributed by atoms with Crippen LogP contribution in [0.25, 0.3) is 16.6 Å². The zero-order valence-corrected chi connectivity index (χ0v) is 13.9. The molecule has 4 aliphatic rings. The molecule has 4 fully saturated rings. The Labute approximate surface area is 141 Å². The first-order valence-corrected chi connectivity index (χ1v) is 9.35. The standard InChI is InChI=1S/C20H22N4/c1-2-4-17-16(3-1)19-22-18(23-24(19)12-21-17)11-20-8-13-5-14(9-20)7-15(6-13)10-20/h1-4,12-15H,5-11H2. The predicted molar refractivity (Wildman–Crippen MR) is 92.6 cm³/mol. The van der Waals surface area contributed by atoms with Crippen molar-refractivity contribution in [2.24, 2.45) is 23.2 Å². The lowest BCUT2D eigenvalue weighted by Gasteiger charge is -2.56. The first-order chi connectivity index (χ1) is 11.8. The zero-order valence-electron chi connectivity index (χ0n) is 13.9. The molecule has 4 aliphatic carbocycles. The second-order valence-corrected chi connectivity index (χ2v) is 8.65. The number of hydrogen-bond acceptors (Lipinski definition) is 3. The normalized spacial score (nSPS) is 34.4. The van der Waals surface area contributed by atoms with Crippen LogP contribution < -0.4 is 0 Å². The fraction of sp³-hybridized carbons (Fsp3) is 0.550. The lowest BCUT2D eigenvalue weighted by molar-refractivity contribution is -0.0531. The predicted octanol–water partition coefficient (Wildman–Crippen LogP) is 4.04. The van der Waals surface area contributed by atoms with E-state index in [4.69, 9.17) is 10.1 Å². The minimum atomic E-state index is 0.489. The first kappa shape index (κ1) is 13.3. The van der Waals surface area contributed by atoms with Gasteiger partial charge in [-0.1, -0.05) is 12.1 Å². The van der Waals surface area contributed by atoms with Gasteiger partial charge in [-0.05, 0) is 73.8 Å². The van der Waals surface area contributed by atoms with Crippen LogP contribution in [-0.4, -0.2) is 19.6 Å². The Balaban J connectivity index is 1.41. The van der Waals surface area contributed by atoms with Crippen molar-refractivity contribution in [2.45, 2.75) is 44.9 Å². The van der Waals surface area contributed by atoms with E-state index in [0.717, 1.165) is 46.5 Å². The summed E-state index contributed by atoms with van der Waals surface area (Å²) in [6.45, 7) is 0. The summed E-state index contributed by atoms with van der Waals surface area (Å²) >= 11 is 0. The third-order valence-electron chi connectivity index (χ3n) is 6.82. The van der Waals surface area contributed by atoms with E-state index in [1.807, 2.05) is 23.0 Å². The number of benzene rings is 1. The van der Waals surface area contributed by atoms with Gasteiger partial charge in [0.15, 0.2) is 11.5 Å². The third kappa shape index (κ3) is 1.89. The van der Waals surface area contributed by atoms with Gasteiger partial charge < -0.3 is 0 Å². The van der Waals surface area contributed by atoms with E-state index in [0.29, 0.717) is 5.41 Å². The Morgan fingerprint density at radius 3 is 2.46 bits per heavy atom. The van der Waals surface area contributed by atoms with E-state index in [2.05, 4.69) is 17.1 Å². The van der Waals surface area contributed by atoms with E-state index in [1.54, 1.807) is 0 Å². The quantitative estimate of drug-likeness (QED) is 0.716. The lowest BCUT2D eigenvalue weighted by atomic mass is 9.49. The van der Waals surface area contributed by atoms with Gasteiger partial charge in [0.05, 0.1) is 5.52 Å². The highest BCUT2D eigenvalue weighted by molar-refractivity contribution is 5.90. The molecule has 2 aromatic heterocycles. The molecule has 4 nitrogen and oxygen atoms in total. The molecule has 1 aromatic carbocycles. The highest BCUT2D eigenvalue weighted by Crippen LogP contribution is 2.60. The Kier molecular flexibility index (Phi) is 2.53. The highest BCUT2D eigenvalue weighted by atomic mass is 15.3. The van der Waals surface area contributed by atoms with Gasteiger partial charge in [0.25, 0.3) is 0 Å². The second kappa shape index (κ2) is 4.56. The molecule has 4 bridgehead atoms. The van der Waals surface area contributed by atoms with Gasteiger partial charge in [-0.25, -0.2) is 14.5 Å². The molecule has 24 heavy (non-hydrogen) atoms. The molecule has 4 saturated carbocycles. The summed E-state index contributed by atoms with van der Waals surface area (Å²) in [7, 11) is 0. The summed E-state index contributed by atoms with van der Waals surface area (Å²) < 4.78 is 1.87. The maximum absolute atomic E-state index is 4.93. The third-order valence-corrected chi connectivity index (χ3v) is 6.82. The van der Waals surface area contributed by atoms with Crippen LogP contribution >= 0.6 is 0 Å². The minimum absolute atomic E-state index is 0.489. The van der Waals surface area contributed by atoms with Crippen LogP contribution in [0, 0.1) is 23.2 Å². The van der Waals surface area contributed by atoms with Crippen molar-refractivity contribution in [1.82, 2.24) is 19.6 Å². The molecule has 0 spiro atoms. The highest BCUT2D eigenvalue weighted by Gasteiger charge is 2.51. The van der Waals surface area contributed by atoms with Gasteiger partial charge in [-0.15, -0.1) is 5.10 Å². The van der Waals surface area contributed by atoms with Gasteiger partial charge >= 0.3 is 0 Å². The Bertz CT molecular complexity index is 906. The average molecular weight is 318 g/mol. The van der Waals surface area contributed by atoms with Crippen molar-refractivity contribution in [3.05, 3.63) is 36.4 Å². The fourth-order valence-electron chi connectivity index (χ4n) is 6.44. The van der Waals surface area contributed by atoms with Gasteiger partial charge in [0, 0.05) is 11.8 Å². The average Bonchev–Trinajstić information content (AvgIpc) is 2.95. The minimum Gasteiger partial charge on any atom is -0.236 e. The van der Waals surface area contributed by atoms with Crippen LogP contribution in [-0.2, 0) is 6.42 Å². The van der Waals surface area contributed by atoms with Crippen LogP contribution in [0.5, 0.6) is 0 Å². The van der Waals surface area contributed by atoms with E-state index in [9.17, 15) is 0 Å². The molecular formula is C20H22N4. The number of aromatic nitrogens is 4. The van der Waals surface area contributed by atoms with Crippen LogP contribution in [0.15, 0.2) is 30.6 Å². The number of nitrogens with zero attached hydrogens (tertiary/aromatic N) is 4. The van der Waals surface area contributed by atoms with Crippen molar-refractivity contribution < 1.29 is 0 Å². The van der Waals surface area contributed by atoms with Crippen molar-refractivity contribution in [2.75, 3.05) is 0 Å². The monoisotopic (exact) mass is 318 g/mol. The van der Waals surface area contributed by atoms with Crippen molar-refractivity contribution in [3.63, 3.8) is 0 Å². The Hall–Kier alpha value is -1.97. The second-order valence-electron chi connectivity index (χ2n) is 8.65. The maximum Gasteiger partial charge on any atom is 0.166 e. The number of para-hydroxylation sites is 1. The molecule has 122 valence electrons. The molecule has 0 N–H and O–H groups in total. The van der Waals surface area contributed by atoms with Crippen molar-refractivity contribution >= 4 is 16.6 Å².